The molecule has 0 saturated heterocycles. The number of rotatable bonds is 9. The standard InChI is InChI=1S/C23H21N5O5.ClH/c29-20(30)11-13-24-14-15-3-5-17(6-4-15)22-26-23(33-27-22)18-9-7-16(8-10-18)21-19(28(31)32)2-1-12-25-21;/h1-10,12,24,28,31H,11,13-14H2,(H,29,30);1H. The van der Waals surface area contributed by atoms with Crippen molar-refractivity contribution in [2.24, 2.45) is 0 Å². The van der Waals surface area contributed by atoms with Gasteiger partial charge >= 0.3 is 5.97 Å². The lowest BCUT2D eigenvalue weighted by Crippen LogP contribution is -2.99. The van der Waals surface area contributed by atoms with Crippen LogP contribution in [0.5, 0.6) is 0 Å². The van der Waals surface area contributed by atoms with Gasteiger partial charge in [0.25, 0.3) is 5.89 Å². The smallest absolute Gasteiger partial charge is 0.304 e. The van der Waals surface area contributed by atoms with E-state index in [4.69, 9.17) is 9.63 Å². The first-order valence-electron chi connectivity index (χ1n) is 10.2. The largest absolute Gasteiger partial charge is 0.595 e. The number of pyridine rings is 1. The number of hydrogen-bond donors (Lipinski definition) is 4. The van der Waals surface area contributed by atoms with E-state index in [1.54, 1.807) is 36.5 Å². The van der Waals surface area contributed by atoms with Gasteiger partial charge in [-0.15, -0.1) is 12.4 Å². The first-order valence-corrected chi connectivity index (χ1v) is 10.2. The molecule has 4 N–H and O–H groups in total. The van der Waals surface area contributed by atoms with Gasteiger partial charge in [-0.25, -0.2) is 10.2 Å². The van der Waals surface area contributed by atoms with E-state index in [0.717, 1.165) is 11.1 Å². The van der Waals surface area contributed by atoms with Crippen molar-refractivity contribution in [3.05, 3.63) is 77.6 Å². The molecule has 0 saturated carbocycles. The monoisotopic (exact) mass is 483 g/mol. The van der Waals surface area contributed by atoms with E-state index < -0.39 is 11.2 Å². The summed E-state index contributed by atoms with van der Waals surface area (Å²) < 4.78 is 5.41. The molecule has 1 atom stereocenters. The normalized spacial score (nSPS) is 11.6. The van der Waals surface area contributed by atoms with Crippen LogP contribution in [-0.4, -0.2) is 38.0 Å². The van der Waals surface area contributed by atoms with Crippen molar-refractivity contribution in [3.8, 4) is 34.1 Å². The molecule has 1 unspecified atom stereocenters. The number of quaternary nitrogens is 1. The van der Waals surface area contributed by atoms with Crippen LogP contribution in [0.3, 0.4) is 0 Å². The Morgan fingerprint density at radius 1 is 1.03 bits per heavy atom. The van der Waals surface area contributed by atoms with Crippen LogP contribution in [0.2, 0.25) is 0 Å². The highest BCUT2D eigenvalue weighted by Crippen LogP contribution is 2.27. The molecule has 0 amide bonds. The summed E-state index contributed by atoms with van der Waals surface area (Å²) in [6, 6.07) is 17.8. The Labute approximate surface area is 200 Å². The van der Waals surface area contributed by atoms with Crippen LogP contribution < -0.4 is 10.5 Å². The summed E-state index contributed by atoms with van der Waals surface area (Å²) in [4.78, 5) is 19.2. The maximum absolute atomic E-state index is 11.4. The number of nitrogens with one attached hydrogen (secondary N) is 2. The lowest BCUT2D eigenvalue weighted by Gasteiger charge is -2.14. The Hall–Kier alpha value is -3.67. The zero-order valence-corrected chi connectivity index (χ0v) is 18.7. The molecule has 34 heavy (non-hydrogen) atoms. The molecule has 2 heterocycles. The molecule has 0 aliphatic heterocycles. The van der Waals surface area contributed by atoms with Crippen LogP contribution >= 0.6 is 12.4 Å². The quantitative estimate of drug-likeness (QED) is 0.208. The number of carbonyl (C=O) groups is 1. The molecule has 0 fully saturated rings. The molecule has 2 aromatic carbocycles. The molecule has 11 heteroatoms. The molecule has 176 valence electrons. The number of nitrogens with zero attached hydrogens (tertiary/aromatic N) is 3. The third kappa shape index (κ3) is 6.01. The number of benzene rings is 2. The number of carboxylic acids is 1. The van der Waals surface area contributed by atoms with Gasteiger partial charge in [0.1, 0.15) is 5.69 Å². The van der Waals surface area contributed by atoms with Gasteiger partial charge in [-0.05, 0) is 23.8 Å². The lowest BCUT2D eigenvalue weighted by molar-refractivity contribution is -0.991. The Bertz CT molecular complexity index is 1230. The van der Waals surface area contributed by atoms with E-state index >= 15 is 0 Å². The number of aromatic nitrogens is 3. The minimum atomic E-state index is -1.04. The van der Waals surface area contributed by atoms with Gasteiger partial charge < -0.3 is 20.2 Å². The van der Waals surface area contributed by atoms with Gasteiger partial charge in [0, 0.05) is 42.0 Å². The molecular weight excluding hydrogens is 462 g/mol. The second kappa shape index (κ2) is 11.5. The second-order valence-corrected chi connectivity index (χ2v) is 7.22. The number of aliphatic carboxylic acids is 1. The van der Waals surface area contributed by atoms with E-state index in [0.29, 0.717) is 41.6 Å². The Morgan fingerprint density at radius 3 is 2.38 bits per heavy atom. The highest BCUT2D eigenvalue weighted by Gasteiger charge is 2.14. The minimum Gasteiger partial charge on any atom is -0.595 e. The average molecular weight is 484 g/mol. The second-order valence-electron chi connectivity index (χ2n) is 7.22. The van der Waals surface area contributed by atoms with E-state index in [9.17, 15) is 15.2 Å². The molecule has 4 rings (SSSR count). The molecule has 0 spiro atoms. The van der Waals surface area contributed by atoms with Crippen LogP contribution in [-0.2, 0) is 11.3 Å². The van der Waals surface area contributed by atoms with Gasteiger partial charge in [0.15, 0.2) is 5.69 Å². The van der Waals surface area contributed by atoms with E-state index in [1.807, 2.05) is 24.3 Å². The van der Waals surface area contributed by atoms with Gasteiger partial charge in [0.05, 0.1) is 6.42 Å². The molecule has 2 aromatic heterocycles. The van der Waals surface area contributed by atoms with Crippen LogP contribution in [0, 0.1) is 5.21 Å². The van der Waals surface area contributed by atoms with E-state index in [-0.39, 0.29) is 24.5 Å². The highest BCUT2D eigenvalue weighted by atomic mass is 35.5. The summed E-state index contributed by atoms with van der Waals surface area (Å²) in [5, 5.41) is 35.6. The molecule has 0 aliphatic rings. The molecule has 4 aromatic rings. The summed E-state index contributed by atoms with van der Waals surface area (Å²) >= 11 is 0. The summed E-state index contributed by atoms with van der Waals surface area (Å²) in [7, 11) is 0. The fraction of sp³-hybridized carbons (Fsp3) is 0.130. The molecule has 0 radical (unpaired) electrons. The Morgan fingerprint density at radius 2 is 1.71 bits per heavy atom. The molecule has 10 nitrogen and oxygen atoms in total. The van der Waals surface area contributed by atoms with Crippen molar-refractivity contribution in [1.82, 2.24) is 20.4 Å². The zero-order valence-electron chi connectivity index (χ0n) is 17.8. The third-order valence-electron chi connectivity index (χ3n) is 4.93. The fourth-order valence-corrected chi connectivity index (χ4v) is 3.24. The van der Waals surface area contributed by atoms with Gasteiger partial charge in [-0.1, -0.05) is 41.6 Å². The minimum absolute atomic E-state index is 0. The van der Waals surface area contributed by atoms with E-state index in [1.165, 1.54) is 6.07 Å². The predicted octanol–water partition coefficient (Wildman–Crippen LogP) is 2.86. The number of carboxylic acid groups (broad SMARTS) is 1. The van der Waals surface area contributed by atoms with Crippen LogP contribution in [0.4, 0.5) is 5.69 Å². The summed E-state index contributed by atoms with van der Waals surface area (Å²) in [6.45, 7) is 0.972. The van der Waals surface area contributed by atoms with E-state index in [2.05, 4.69) is 20.4 Å². The average Bonchev–Trinajstić information content (AvgIpc) is 3.32. The van der Waals surface area contributed by atoms with Crippen molar-refractivity contribution in [1.29, 1.82) is 0 Å². The summed E-state index contributed by atoms with van der Waals surface area (Å²) in [5.74, 6) is -0.0464. The SMILES string of the molecule is Cl.O=C(O)CCNCc1ccc(-c2noc(-c3ccc(-c4ncccc4[NH+]([O-])O)cc3)n2)cc1. The van der Waals surface area contributed by atoms with Gasteiger partial charge in [0.2, 0.25) is 5.82 Å². The molecule has 0 aliphatic carbocycles. The summed E-state index contributed by atoms with van der Waals surface area (Å²) in [6.07, 6.45) is 1.63. The highest BCUT2D eigenvalue weighted by molar-refractivity contribution is 5.85. The third-order valence-corrected chi connectivity index (χ3v) is 4.93. The Balaban J connectivity index is 0.00000324. The number of hydrogen-bond acceptors (Lipinski definition) is 8. The molecule has 0 bridgehead atoms. The van der Waals surface area contributed by atoms with Crippen molar-refractivity contribution in [2.75, 3.05) is 6.54 Å². The first-order chi connectivity index (χ1) is 16.0. The van der Waals surface area contributed by atoms with Crippen LogP contribution in [0.15, 0.2) is 71.4 Å². The van der Waals surface area contributed by atoms with Crippen molar-refractivity contribution < 1.29 is 24.9 Å². The number of halogens is 1. The van der Waals surface area contributed by atoms with Crippen molar-refractivity contribution in [2.45, 2.75) is 13.0 Å². The first kappa shape index (κ1) is 25.0. The van der Waals surface area contributed by atoms with Crippen LogP contribution in [0.25, 0.3) is 34.1 Å². The van der Waals surface area contributed by atoms with Crippen molar-refractivity contribution in [3.63, 3.8) is 0 Å². The fourth-order valence-electron chi connectivity index (χ4n) is 3.24. The van der Waals surface area contributed by atoms with Crippen molar-refractivity contribution >= 4 is 24.1 Å². The molecular formula is C23H22ClN5O5. The van der Waals surface area contributed by atoms with Crippen LogP contribution in [0.1, 0.15) is 12.0 Å². The topological polar surface area (TPSA) is 149 Å². The van der Waals surface area contributed by atoms with Gasteiger partial charge in [-0.3, -0.25) is 4.79 Å². The zero-order chi connectivity index (χ0) is 23.2. The Kier molecular flexibility index (Phi) is 8.41. The maximum atomic E-state index is 11.4. The van der Waals surface area contributed by atoms with Gasteiger partial charge in [-0.2, -0.15) is 10.2 Å². The lowest BCUT2D eigenvalue weighted by atomic mass is 10.1. The summed E-state index contributed by atoms with van der Waals surface area (Å²) in [5.41, 5.74) is 3.69. The maximum Gasteiger partial charge on any atom is 0.304 e. The predicted molar refractivity (Wildman–Crippen MR) is 125 cm³/mol.